The highest BCUT2D eigenvalue weighted by Crippen LogP contribution is 2.48. The highest BCUT2D eigenvalue weighted by Gasteiger charge is 2.39. The lowest BCUT2D eigenvalue weighted by atomic mass is 9.88. The lowest BCUT2D eigenvalue weighted by molar-refractivity contribution is 0.214. The summed E-state index contributed by atoms with van der Waals surface area (Å²) in [5, 5.41) is 0. The molecule has 0 heterocycles. The van der Waals surface area contributed by atoms with Crippen LogP contribution in [0.3, 0.4) is 0 Å². The van der Waals surface area contributed by atoms with Gasteiger partial charge in [-0.05, 0) is 67.3 Å². The second kappa shape index (κ2) is 5.82. The van der Waals surface area contributed by atoms with Crippen molar-refractivity contribution < 1.29 is 4.39 Å². The van der Waals surface area contributed by atoms with Gasteiger partial charge >= 0.3 is 0 Å². The van der Waals surface area contributed by atoms with Crippen molar-refractivity contribution in [2.75, 3.05) is 13.6 Å². The summed E-state index contributed by atoms with van der Waals surface area (Å²) in [7, 11) is 2.18. The van der Waals surface area contributed by atoms with E-state index in [1.165, 1.54) is 37.8 Å². The Morgan fingerprint density at radius 2 is 2.10 bits per heavy atom. The Bertz CT molecular complexity index is 474. The van der Waals surface area contributed by atoms with Gasteiger partial charge in [0.25, 0.3) is 0 Å². The molecule has 2 fully saturated rings. The van der Waals surface area contributed by atoms with Gasteiger partial charge in [0.05, 0.1) is 0 Å². The third-order valence-electron chi connectivity index (χ3n) is 5.26. The molecular weight excluding hydrogens is 251 g/mol. The number of nitrogens with two attached hydrogens (primary N) is 1. The monoisotopic (exact) mass is 276 g/mol. The Kier molecular flexibility index (Phi) is 4.08. The van der Waals surface area contributed by atoms with E-state index < -0.39 is 0 Å². The average molecular weight is 276 g/mol. The first-order chi connectivity index (χ1) is 9.65. The topological polar surface area (TPSA) is 29.3 Å². The first kappa shape index (κ1) is 14.0. The Hall–Kier alpha value is -0.930. The van der Waals surface area contributed by atoms with Gasteiger partial charge in [0.15, 0.2) is 0 Å². The van der Waals surface area contributed by atoms with Crippen molar-refractivity contribution in [2.45, 2.75) is 38.8 Å². The minimum Gasteiger partial charge on any atom is -0.326 e. The van der Waals surface area contributed by atoms with Gasteiger partial charge in [0, 0.05) is 19.6 Å². The molecule has 3 atom stereocenters. The highest BCUT2D eigenvalue weighted by molar-refractivity contribution is 5.27. The molecule has 0 saturated heterocycles. The van der Waals surface area contributed by atoms with E-state index >= 15 is 0 Å². The number of hydrogen-bond acceptors (Lipinski definition) is 2. The minimum absolute atomic E-state index is 0.190. The second-order valence-corrected chi connectivity index (χ2v) is 6.75. The molecule has 2 aliphatic carbocycles. The number of benzene rings is 1. The van der Waals surface area contributed by atoms with Crippen LogP contribution in [0.15, 0.2) is 18.2 Å². The highest BCUT2D eigenvalue weighted by atomic mass is 19.1. The van der Waals surface area contributed by atoms with Gasteiger partial charge in [-0.25, -0.2) is 4.39 Å². The molecule has 3 rings (SSSR count). The molecule has 2 N–H and O–H groups in total. The van der Waals surface area contributed by atoms with E-state index in [4.69, 9.17) is 5.73 Å². The zero-order chi connectivity index (χ0) is 14.1. The van der Waals surface area contributed by atoms with Crippen LogP contribution in [0.1, 0.15) is 36.8 Å². The number of fused-ring (bicyclic) bond motifs is 2. The molecule has 0 spiro atoms. The van der Waals surface area contributed by atoms with Gasteiger partial charge in [-0.15, -0.1) is 0 Å². The summed E-state index contributed by atoms with van der Waals surface area (Å²) in [5.74, 6) is 2.65. The zero-order valence-corrected chi connectivity index (χ0v) is 12.3. The van der Waals surface area contributed by atoms with Gasteiger partial charge < -0.3 is 10.6 Å². The van der Waals surface area contributed by atoms with E-state index in [9.17, 15) is 4.39 Å². The van der Waals surface area contributed by atoms with Crippen LogP contribution in [0.5, 0.6) is 0 Å². The number of rotatable bonds is 5. The molecule has 1 aromatic carbocycles. The fourth-order valence-corrected chi connectivity index (χ4v) is 4.29. The quantitative estimate of drug-likeness (QED) is 0.895. The van der Waals surface area contributed by atoms with Crippen molar-refractivity contribution in [3.8, 4) is 0 Å². The van der Waals surface area contributed by atoms with Gasteiger partial charge in [0.2, 0.25) is 0 Å². The molecule has 1 aromatic rings. The van der Waals surface area contributed by atoms with Gasteiger partial charge in [-0.2, -0.15) is 0 Å². The van der Waals surface area contributed by atoms with E-state index in [0.717, 1.165) is 29.9 Å². The minimum atomic E-state index is -0.190. The van der Waals surface area contributed by atoms with Crippen molar-refractivity contribution in [3.05, 3.63) is 35.1 Å². The van der Waals surface area contributed by atoms with Gasteiger partial charge in [0.1, 0.15) is 5.82 Å². The SMILES string of the molecule is CN(Cc1ccc(F)cc1CN)CC1CC2CCC1C2. The summed E-state index contributed by atoms with van der Waals surface area (Å²) in [5.41, 5.74) is 7.82. The Balaban J connectivity index is 1.60. The number of nitrogens with zero attached hydrogens (tertiary/aromatic N) is 1. The van der Waals surface area contributed by atoms with Crippen LogP contribution in [0.4, 0.5) is 4.39 Å². The van der Waals surface area contributed by atoms with Crippen LogP contribution in [-0.4, -0.2) is 18.5 Å². The van der Waals surface area contributed by atoms with Crippen molar-refractivity contribution in [1.29, 1.82) is 0 Å². The van der Waals surface area contributed by atoms with E-state index in [2.05, 4.69) is 11.9 Å². The summed E-state index contributed by atoms with van der Waals surface area (Å²) in [6.07, 6.45) is 5.78. The van der Waals surface area contributed by atoms with E-state index in [1.54, 1.807) is 12.1 Å². The average Bonchev–Trinajstić information content (AvgIpc) is 3.03. The van der Waals surface area contributed by atoms with E-state index in [0.29, 0.717) is 6.54 Å². The van der Waals surface area contributed by atoms with Crippen LogP contribution < -0.4 is 5.73 Å². The summed E-state index contributed by atoms with van der Waals surface area (Å²) in [6.45, 7) is 2.46. The molecule has 0 amide bonds. The molecule has 3 heteroatoms. The van der Waals surface area contributed by atoms with Crippen LogP contribution in [-0.2, 0) is 13.1 Å². The maximum atomic E-state index is 13.2. The second-order valence-electron chi connectivity index (χ2n) is 6.75. The smallest absolute Gasteiger partial charge is 0.123 e. The molecule has 2 nitrogen and oxygen atoms in total. The largest absolute Gasteiger partial charge is 0.326 e. The molecule has 0 aromatic heterocycles. The lowest BCUT2D eigenvalue weighted by Crippen LogP contribution is -2.28. The Morgan fingerprint density at radius 3 is 2.75 bits per heavy atom. The Labute approximate surface area is 121 Å². The molecular formula is C17H25FN2. The van der Waals surface area contributed by atoms with Crippen LogP contribution in [0, 0.1) is 23.6 Å². The lowest BCUT2D eigenvalue weighted by Gasteiger charge is -2.27. The zero-order valence-electron chi connectivity index (χ0n) is 12.3. The van der Waals surface area contributed by atoms with E-state index in [1.807, 2.05) is 6.07 Å². The first-order valence-corrected chi connectivity index (χ1v) is 7.81. The summed E-state index contributed by atoms with van der Waals surface area (Å²) in [6, 6.07) is 5.00. The Morgan fingerprint density at radius 1 is 1.25 bits per heavy atom. The van der Waals surface area contributed by atoms with Crippen LogP contribution in [0.2, 0.25) is 0 Å². The fourth-order valence-electron chi connectivity index (χ4n) is 4.29. The standard InChI is InChI=1S/C17H25FN2/c1-20(11-16-7-12-2-3-13(16)6-12)10-14-4-5-17(18)8-15(14)9-19/h4-5,8,12-13,16H,2-3,6-7,9-11,19H2,1H3. The number of hydrogen-bond donors (Lipinski definition) is 1. The maximum absolute atomic E-state index is 13.2. The third-order valence-corrected chi connectivity index (χ3v) is 5.26. The van der Waals surface area contributed by atoms with E-state index in [-0.39, 0.29) is 5.82 Å². The third kappa shape index (κ3) is 2.89. The molecule has 20 heavy (non-hydrogen) atoms. The normalized spacial score (nSPS) is 28.5. The van der Waals surface area contributed by atoms with Crippen molar-refractivity contribution in [3.63, 3.8) is 0 Å². The molecule has 2 aliphatic rings. The van der Waals surface area contributed by atoms with Crippen molar-refractivity contribution in [1.82, 2.24) is 4.90 Å². The summed E-state index contributed by atoms with van der Waals surface area (Å²) in [4.78, 5) is 2.39. The van der Waals surface area contributed by atoms with Crippen LogP contribution >= 0.6 is 0 Å². The van der Waals surface area contributed by atoms with Crippen LogP contribution in [0.25, 0.3) is 0 Å². The van der Waals surface area contributed by atoms with Crippen molar-refractivity contribution >= 4 is 0 Å². The molecule has 0 radical (unpaired) electrons. The molecule has 110 valence electrons. The first-order valence-electron chi connectivity index (χ1n) is 7.81. The molecule has 0 aliphatic heterocycles. The van der Waals surface area contributed by atoms with Gasteiger partial charge in [-0.3, -0.25) is 0 Å². The summed E-state index contributed by atoms with van der Waals surface area (Å²) >= 11 is 0. The molecule has 3 unspecified atom stereocenters. The van der Waals surface area contributed by atoms with Crippen molar-refractivity contribution in [2.24, 2.45) is 23.5 Å². The summed E-state index contributed by atoms with van der Waals surface area (Å²) < 4.78 is 13.2. The molecule has 2 bridgehead atoms. The maximum Gasteiger partial charge on any atom is 0.123 e. The fraction of sp³-hybridized carbons (Fsp3) is 0.647. The number of halogens is 1. The predicted molar refractivity (Wildman–Crippen MR) is 79.6 cm³/mol. The predicted octanol–water partition coefficient (Wildman–Crippen LogP) is 3.15. The molecule has 2 saturated carbocycles. The van der Waals surface area contributed by atoms with Gasteiger partial charge in [-0.1, -0.05) is 12.5 Å².